The minimum absolute atomic E-state index is 0.120. The molecule has 0 saturated carbocycles. The Hall–Kier alpha value is -1.89. The van der Waals surface area contributed by atoms with Crippen molar-refractivity contribution < 1.29 is 9.53 Å². The van der Waals surface area contributed by atoms with E-state index in [2.05, 4.69) is 38.9 Å². The number of amides is 1. The zero-order valence-corrected chi connectivity index (χ0v) is 16.0. The summed E-state index contributed by atoms with van der Waals surface area (Å²) in [6, 6.07) is 0. The second kappa shape index (κ2) is 9.16. The predicted molar refractivity (Wildman–Crippen MR) is 102 cm³/mol. The third kappa shape index (κ3) is 4.84. The van der Waals surface area contributed by atoms with Gasteiger partial charge in [-0.2, -0.15) is 0 Å². The van der Waals surface area contributed by atoms with Crippen LogP contribution in [0.15, 0.2) is 12.5 Å². The van der Waals surface area contributed by atoms with Crippen LogP contribution in [0.5, 0.6) is 0 Å². The standard InChI is InChI=1S/C19H31N5O2/c1-15(2)3-6-21-19(25)16-4-7-23(8-5-16)17-13-20-14-22-18(17)24-9-11-26-12-10-24/h13-16H,3-12H2,1-2H3,(H,21,25). The molecule has 1 N–H and O–H groups in total. The number of ether oxygens (including phenoxy) is 1. The largest absolute Gasteiger partial charge is 0.378 e. The lowest BCUT2D eigenvalue weighted by atomic mass is 9.95. The van der Waals surface area contributed by atoms with Gasteiger partial charge in [0.25, 0.3) is 0 Å². The Morgan fingerprint density at radius 2 is 1.96 bits per heavy atom. The minimum Gasteiger partial charge on any atom is -0.378 e. The van der Waals surface area contributed by atoms with Gasteiger partial charge in [-0.1, -0.05) is 13.8 Å². The van der Waals surface area contributed by atoms with Gasteiger partial charge in [-0.05, 0) is 25.2 Å². The number of aromatic nitrogens is 2. The zero-order chi connectivity index (χ0) is 18.4. The highest BCUT2D eigenvalue weighted by atomic mass is 16.5. The van der Waals surface area contributed by atoms with Crippen molar-refractivity contribution in [1.82, 2.24) is 15.3 Å². The first-order chi connectivity index (χ1) is 12.6. The summed E-state index contributed by atoms with van der Waals surface area (Å²) in [5.41, 5.74) is 1.08. The van der Waals surface area contributed by atoms with Crippen molar-refractivity contribution >= 4 is 17.4 Å². The molecule has 26 heavy (non-hydrogen) atoms. The van der Waals surface area contributed by atoms with Crippen molar-refractivity contribution in [2.75, 3.05) is 55.7 Å². The summed E-state index contributed by atoms with van der Waals surface area (Å²) in [5.74, 6) is 1.94. The normalized spacial score (nSPS) is 19.0. The van der Waals surface area contributed by atoms with Crippen molar-refractivity contribution in [3.63, 3.8) is 0 Å². The van der Waals surface area contributed by atoms with Crippen LogP contribution in [0.4, 0.5) is 11.5 Å². The molecule has 0 bridgehead atoms. The summed E-state index contributed by atoms with van der Waals surface area (Å²) in [6.07, 6.45) is 6.31. The molecule has 1 aromatic heterocycles. The average Bonchev–Trinajstić information content (AvgIpc) is 2.68. The number of anilines is 2. The lowest BCUT2D eigenvalue weighted by Gasteiger charge is -2.36. The average molecular weight is 361 g/mol. The number of piperidine rings is 1. The molecule has 7 nitrogen and oxygen atoms in total. The molecule has 1 aromatic rings. The van der Waals surface area contributed by atoms with E-state index in [1.54, 1.807) is 6.33 Å². The maximum atomic E-state index is 12.4. The molecule has 7 heteroatoms. The van der Waals surface area contributed by atoms with Crippen molar-refractivity contribution in [1.29, 1.82) is 0 Å². The molecule has 144 valence electrons. The van der Waals surface area contributed by atoms with E-state index in [0.29, 0.717) is 5.92 Å². The van der Waals surface area contributed by atoms with Gasteiger partial charge >= 0.3 is 0 Å². The molecule has 0 radical (unpaired) electrons. The number of carbonyl (C=O) groups is 1. The summed E-state index contributed by atoms with van der Waals surface area (Å²) in [7, 11) is 0. The highest BCUT2D eigenvalue weighted by Crippen LogP contribution is 2.30. The monoisotopic (exact) mass is 361 g/mol. The number of nitrogens with one attached hydrogen (secondary N) is 1. The van der Waals surface area contributed by atoms with Gasteiger partial charge < -0.3 is 19.9 Å². The summed E-state index contributed by atoms with van der Waals surface area (Å²) >= 11 is 0. The molecule has 2 saturated heterocycles. The van der Waals surface area contributed by atoms with E-state index in [1.807, 2.05) is 6.20 Å². The molecule has 0 spiro atoms. The molecule has 0 aromatic carbocycles. The summed E-state index contributed by atoms with van der Waals surface area (Å²) in [5, 5.41) is 3.10. The third-order valence-corrected chi connectivity index (χ3v) is 5.21. The van der Waals surface area contributed by atoms with Crippen LogP contribution in [0.1, 0.15) is 33.1 Å². The van der Waals surface area contributed by atoms with Gasteiger partial charge in [0.05, 0.1) is 25.1 Å². The summed E-state index contributed by atoms with van der Waals surface area (Å²) in [4.78, 5) is 25.7. The second-order valence-electron chi connectivity index (χ2n) is 7.57. The van der Waals surface area contributed by atoms with Gasteiger partial charge in [-0.25, -0.2) is 9.97 Å². The number of carbonyl (C=O) groups excluding carboxylic acids is 1. The van der Waals surface area contributed by atoms with Gasteiger partial charge in [0.1, 0.15) is 6.33 Å². The van der Waals surface area contributed by atoms with Crippen LogP contribution >= 0.6 is 0 Å². The Labute approximate surface area is 156 Å². The third-order valence-electron chi connectivity index (χ3n) is 5.21. The first kappa shape index (κ1) is 18.9. The Kier molecular flexibility index (Phi) is 6.66. The quantitative estimate of drug-likeness (QED) is 0.831. The van der Waals surface area contributed by atoms with E-state index in [1.165, 1.54) is 0 Å². The summed E-state index contributed by atoms with van der Waals surface area (Å²) in [6.45, 7) is 10.1. The first-order valence-corrected chi connectivity index (χ1v) is 9.80. The predicted octanol–water partition coefficient (Wildman–Crippen LogP) is 1.69. The van der Waals surface area contributed by atoms with Crippen LogP contribution in [0.3, 0.4) is 0 Å². The Morgan fingerprint density at radius 1 is 1.23 bits per heavy atom. The molecule has 2 aliphatic rings. The molecule has 0 aliphatic carbocycles. The Morgan fingerprint density at radius 3 is 2.65 bits per heavy atom. The fraction of sp³-hybridized carbons (Fsp3) is 0.737. The van der Waals surface area contributed by atoms with Crippen LogP contribution in [0.25, 0.3) is 0 Å². The van der Waals surface area contributed by atoms with Crippen LogP contribution in [-0.4, -0.2) is 61.8 Å². The molecule has 1 amide bonds. The number of nitrogens with zero attached hydrogens (tertiary/aromatic N) is 4. The maximum absolute atomic E-state index is 12.4. The number of hydrogen-bond donors (Lipinski definition) is 1. The number of morpholine rings is 1. The number of hydrogen-bond acceptors (Lipinski definition) is 6. The molecule has 3 rings (SSSR count). The van der Waals surface area contributed by atoms with Gasteiger partial charge in [-0.15, -0.1) is 0 Å². The molecular formula is C19H31N5O2. The van der Waals surface area contributed by atoms with Crippen molar-refractivity contribution in [2.45, 2.75) is 33.1 Å². The van der Waals surface area contributed by atoms with E-state index in [-0.39, 0.29) is 11.8 Å². The van der Waals surface area contributed by atoms with Crippen molar-refractivity contribution in [3.8, 4) is 0 Å². The van der Waals surface area contributed by atoms with Gasteiger partial charge in [0.2, 0.25) is 5.91 Å². The van der Waals surface area contributed by atoms with E-state index in [4.69, 9.17) is 4.74 Å². The molecular weight excluding hydrogens is 330 g/mol. The van der Waals surface area contributed by atoms with Crippen molar-refractivity contribution in [3.05, 3.63) is 12.5 Å². The van der Waals surface area contributed by atoms with E-state index in [9.17, 15) is 4.79 Å². The minimum atomic E-state index is 0.120. The fourth-order valence-electron chi connectivity index (χ4n) is 3.57. The smallest absolute Gasteiger partial charge is 0.223 e. The summed E-state index contributed by atoms with van der Waals surface area (Å²) < 4.78 is 5.45. The van der Waals surface area contributed by atoms with Gasteiger partial charge in [0, 0.05) is 38.6 Å². The molecule has 0 atom stereocenters. The van der Waals surface area contributed by atoms with E-state index < -0.39 is 0 Å². The first-order valence-electron chi connectivity index (χ1n) is 9.80. The van der Waals surface area contributed by atoms with Crippen LogP contribution in [0, 0.1) is 11.8 Å². The maximum Gasteiger partial charge on any atom is 0.223 e. The highest BCUT2D eigenvalue weighted by molar-refractivity contribution is 5.79. The van der Waals surface area contributed by atoms with E-state index in [0.717, 1.165) is 76.7 Å². The van der Waals surface area contributed by atoms with Gasteiger partial charge in [-0.3, -0.25) is 4.79 Å². The van der Waals surface area contributed by atoms with Crippen LogP contribution < -0.4 is 15.1 Å². The van der Waals surface area contributed by atoms with E-state index >= 15 is 0 Å². The number of rotatable bonds is 6. The fourth-order valence-corrected chi connectivity index (χ4v) is 3.57. The molecule has 2 aliphatic heterocycles. The van der Waals surface area contributed by atoms with Crippen LogP contribution in [0.2, 0.25) is 0 Å². The van der Waals surface area contributed by atoms with Gasteiger partial charge in [0.15, 0.2) is 5.82 Å². The molecule has 2 fully saturated rings. The highest BCUT2D eigenvalue weighted by Gasteiger charge is 2.27. The lowest BCUT2D eigenvalue weighted by Crippen LogP contribution is -2.42. The second-order valence-corrected chi connectivity index (χ2v) is 7.57. The van der Waals surface area contributed by atoms with Crippen molar-refractivity contribution in [2.24, 2.45) is 11.8 Å². The zero-order valence-electron chi connectivity index (χ0n) is 16.0. The Bertz CT molecular complexity index is 581. The molecule has 3 heterocycles. The Balaban J connectivity index is 1.56. The topological polar surface area (TPSA) is 70.6 Å². The SMILES string of the molecule is CC(C)CCNC(=O)C1CCN(c2cncnc2N2CCOCC2)CC1. The lowest BCUT2D eigenvalue weighted by molar-refractivity contribution is -0.125. The molecule has 0 unspecified atom stereocenters. The van der Waals surface area contributed by atoms with Crippen LogP contribution in [-0.2, 0) is 9.53 Å².